The highest BCUT2D eigenvalue weighted by Gasteiger charge is 2.24. The highest BCUT2D eigenvalue weighted by molar-refractivity contribution is 5.93. The summed E-state index contributed by atoms with van der Waals surface area (Å²) in [6.07, 6.45) is 0. The van der Waals surface area contributed by atoms with Crippen molar-refractivity contribution in [2.45, 2.75) is 0 Å². The van der Waals surface area contributed by atoms with Crippen molar-refractivity contribution in [2.75, 3.05) is 39.3 Å². The maximum Gasteiger partial charge on any atom is 0.289 e. The maximum atomic E-state index is 12.5. The minimum atomic E-state index is -0.258. The second kappa shape index (κ2) is 6.29. The number of carbonyl (C=O) groups excluding carboxylic acids is 1. The van der Waals surface area contributed by atoms with Crippen molar-refractivity contribution in [3.63, 3.8) is 0 Å². The quantitative estimate of drug-likeness (QED) is 0.896. The molecule has 0 radical (unpaired) electrons. The fourth-order valence-electron chi connectivity index (χ4n) is 2.68. The van der Waals surface area contributed by atoms with Gasteiger partial charge >= 0.3 is 0 Å². The lowest BCUT2D eigenvalue weighted by Crippen LogP contribution is -2.49. The standard InChI is InChI=1S/C16H18N2O4/c19-10-9-17-5-7-18(8-6-17)16(21)15-11-13(20)12-3-1-2-4-14(12)22-15/h1-4,11,19H,5-10H2. The van der Waals surface area contributed by atoms with Gasteiger partial charge < -0.3 is 14.4 Å². The van der Waals surface area contributed by atoms with Crippen molar-refractivity contribution < 1.29 is 14.3 Å². The van der Waals surface area contributed by atoms with Crippen LogP contribution in [0.15, 0.2) is 39.5 Å². The fraction of sp³-hybridized carbons (Fsp3) is 0.375. The number of fused-ring (bicyclic) bond motifs is 1. The normalized spacial score (nSPS) is 16.1. The van der Waals surface area contributed by atoms with Gasteiger partial charge in [0.1, 0.15) is 5.58 Å². The summed E-state index contributed by atoms with van der Waals surface area (Å²) in [6, 6.07) is 8.18. The van der Waals surface area contributed by atoms with Crippen LogP contribution in [0, 0.1) is 0 Å². The van der Waals surface area contributed by atoms with E-state index in [0.29, 0.717) is 43.7 Å². The van der Waals surface area contributed by atoms with E-state index in [1.54, 1.807) is 29.2 Å². The van der Waals surface area contributed by atoms with Gasteiger partial charge in [-0.1, -0.05) is 12.1 Å². The Morgan fingerprint density at radius 3 is 2.64 bits per heavy atom. The minimum Gasteiger partial charge on any atom is -0.451 e. The van der Waals surface area contributed by atoms with Crippen LogP contribution in [-0.2, 0) is 0 Å². The number of aliphatic hydroxyl groups excluding tert-OH is 1. The van der Waals surface area contributed by atoms with E-state index in [1.807, 2.05) is 0 Å². The second-order valence-electron chi connectivity index (χ2n) is 5.33. The highest BCUT2D eigenvalue weighted by atomic mass is 16.3. The predicted octanol–water partition coefficient (Wildman–Crippen LogP) is 0.543. The van der Waals surface area contributed by atoms with E-state index in [2.05, 4.69) is 4.90 Å². The summed E-state index contributed by atoms with van der Waals surface area (Å²) in [5, 5.41) is 9.41. The lowest BCUT2D eigenvalue weighted by atomic mass is 10.2. The number of para-hydroxylation sites is 1. The zero-order chi connectivity index (χ0) is 15.5. The van der Waals surface area contributed by atoms with E-state index in [0.717, 1.165) is 0 Å². The van der Waals surface area contributed by atoms with Crippen LogP contribution < -0.4 is 5.43 Å². The molecule has 0 aliphatic carbocycles. The molecule has 2 heterocycles. The van der Waals surface area contributed by atoms with Gasteiger partial charge in [0.2, 0.25) is 0 Å². The van der Waals surface area contributed by atoms with Crippen molar-refractivity contribution in [1.29, 1.82) is 0 Å². The molecular weight excluding hydrogens is 284 g/mol. The van der Waals surface area contributed by atoms with Crippen molar-refractivity contribution in [1.82, 2.24) is 9.80 Å². The molecule has 1 aromatic carbocycles. The van der Waals surface area contributed by atoms with E-state index in [-0.39, 0.29) is 23.7 Å². The first-order chi connectivity index (χ1) is 10.7. The van der Waals surface area contributed by atoms with Gasteiger partial charge in [-0.05, 0) is 12.1 Å². The average Bonchev–Trinajstić information content (AvgIpc) is 2.55. The van der Waals surface area contributed by atoms with E-state index in [1.165, 1.54) is 6.07 Å². The molecule has 1 N–H and O–H groups in total. The molecule has 6 heteroatoms. The molecule has 1 fully saturated rings. The predicted molar refractivity (Wildman–Crippen MR) is 81.9 cm³/mol. The third-order valence-electron chi connectivity index (χ3n) is 3.92. The van der Waals surface area contributed by atoms with Crippen molar-refractivity contribution in [3.8, 4) is 0 Å². The summed E-state index contributed by atoms with van der Waals surface area (Å²) in [6.45, 7) is 3.29. The van der Waals surface area contributed by atoms with Crippen molar-refractivity contribution in [2.24, 2.45) is 0 Å². The summed E-state index contributed by atoms with van der Waals surface area (Å²) in [5.41, 5.74) is 0.224. The maximum absolute atomic E-state index is 12.5. The number of amides is 1. The zero-order valence-electron chi connectivity index (χ0n) is 12.2. The van der Waals surface area contributed by atoms with Crippen LogP contribution in [0.1, 0.15) is 10.6 Å². The molecule has 0 bridgehead atoms. The lowest BCUT2D eigenvalue weighted by Gasteiger charge is -2.33. The van der Waals surface area contributed by atoms with E-state index in [4.69, 9.17) is 9.52 Å². The summed E-state index contributed by atoms with van der Waals surface area (Å²) >= 11 is 0. The molecule has 0 unspecified atom stereocenters. The summed E-state index contributed by atoms with van der Waals surface area (Å²) in [7, 11) is 0. The monoisotopic (exact) mass is 302 g/mol. The molecule has 1 aliphatic rings. The number of benzene rings is 1. The molecule has 1 aliphatic heterocycles. The Kier molecular flexibility index (Phi) is 4.22. The zero-order valence-corrected chi connectivity index (χ0v) is 12.2. The molecular formula is C16H18N2O4. The topological polar surface area (TPSA) is 74.0 Å². The van der Waals surface area contributed by atoms with Gasteiger partial charge in [0.15, 0.2) is 11.2 Å². The number of hydrogen-bond acceptors (Lipinski definition) is 5. The molecule has 0 saturated carbocycles. The number of β-amino-alcohol motifs (C(OH)–C–C–N with tert-alkyl or cyclic N) is 1. The van der Waals surface area contributed by atoms with Gasteiger partial charge in [0.25, 0.3) is 5.91 Å². The average molecular weight is 302 g/mol. The van der Waals surface area contributed by atoms with E-state index < -0.39 is 0 Å². The Morgan fingerprint density at radius 1 is 1.18 bits per heavy atom. The number of nitrogens with zero attached hydrogens (tertiary/aromatic N) is 2. The molecule has 1 amide bonds. The van der Waals surface area contributed by atoms with Crippen LogP contribution in [-0.4, -0.2) is 60.1 Å². The third kappa shape index (κ3) is 2.88. The molecule has 3 rings (SSSR count). The van der Waals surface area contributed by atoms with Gasteiger partial charge in [0.05, 0.1) is 12.0 Å². The first-order valence-electron chi connectivity index (χ1n) is 7.34. The lowest BCUT2D eigenvalue weighted by molar-refractivity contribution is 0.0585. The number of aliphatic hydroxyl groups is 1. The van der Waals surface area contributed by atoms with Gasteiger partial charge in [-0.2, -0.15) is 0 Å². The third-order valence-corrected chi connectivity index (χ3v) is 3.92. The Balaban J connectivity index is 1.80. The first kappa shape index (κ1) is 14.7. The molecule has 2 aromatic rings. The molecule has 1 aromatic heterocycles. The fourth-order valence-corrected chi connectivity index (χ4v) is 2.68. The van der Waals surface area contributed by atoms with Crippen LogP contribution in [0.4, 0.5) is 0 Å². The Morgan fingerprint density at radius 2 is 1.91 bits per heavy atom. The molecule has 0 spiro atoms. The van der Waals surface area contributed by atoms with Crippen LogP contribution in [0.25, 0.3) is 11.0 Å². The van der Waals surface area contributed by atoms with Gasteiger partial charge in [-0.25, -0.2) is 0 Å². The SMILES string of the molecule is O=C(c1cc(=O)c2ccccc2o1)N1CCN(CCO)CC1. The van der Waals surface area contributed by atoms with Crippen molar-refractivity contribution in [3.05, 3.63) is 46.3 Å². The summed E-state index contributed by atoms with van der Waals surface area (Å²) in [5.74, 6) is -0.175. The number of rotatable bonds is 3. The largest absolute Gasteiger partial charge is 0.451 e. The number of hydrogen-bond donors (Lipinski definition) is 1. The molecule has 0 atom stereocenters. The number of carbonyl (C=O) groups is 1. The van der Waals surface area contributed by atoms with Gasteiger partial charge in [0, 0.05) is 38.8 Å². The first-order valence-corrected chi connectivity index (χ1v) is 7.34. The van der Waals surface area contributed by atoms with Crippen LogP contribution >= 0.6 is 0 Å². The van der Waals surface area contributed by atoms with E-state index in [9.17, 15) is 9.59 Å². The molecule has 116 valence electrons. The highest BCUT2D eigenvalue weighted by Crippen LogP contribution is 2.14. The van der Waals surface area contributed by atoms with E-state index >= 15 is 0 Å². The van der Waals surface area contributed by atoms with Gasteiger partial charge in [-0.15, -0.1) is 0 Å². The molecule has 22 heavy (non-hydrogen) atoms. The number of piperazine rings is 1. The van der Waals surface area contributed by atoms with Crippen LogP contribution in [0.3, 0.4) is 0 Å². The van der Waals surface area contributed by atoms with Crippen molar-refractivity contribution >= 4 is 16.9 Å². The Bertz CT molecular complexity index is 732. The Labute approximate surface area is 127 Å². The smallest absolute Gasteiger partial charge is 0.289 e. The summed E-state index contributed by atoms with van der Waals surface area (Å²) in [4.78, 5) is 28.3. The molecule has 1 saturated heterocycles. The second-order valence-corrected chi connectivity index (χ2v) is 5.33. The minimum absolute atomic E-state index is 0.0827. The summed E-state index contributed by atoms with van der Waals surface area (Å²) < 4.78 is 5.59. The van der Waals surface area contributed by atoms with Gasteiger partial charge in [-0.3, -0.25) is 14.5 Å². The van der Waals surface area contributed by atoms with Crippen LogP contribution in [0.2, 0.25) is 0 Å². The molecule has 6 nitrogen and oxygen atoms in total. The van der Waals surface area contributed by atoms with Crippen LogP contribution in [0.5, 0.6) is 0 Å². The Hall–Kier alpha value is -2.18.